The Hall–Kier alpha value is -3.57. The minimum absolute atomic E-state index is 0.0296. The Labute approximate surface area is 301 Å². The van der Waals surface area contributed by atoms with Crippen LogP contribution in [0, 0.1) is 12.8 Å². The van der Waals surface area contributed by atoms with Crippen molar-refractivity contribution in [1.29, 1.82) is 0 Å². The van der Waals surface area contributed by atoms with Gasteiger partial charge in [-0.1, -0.05) is 91.1 Å². The number of nitrogens with one attached hydrogen (secondary N) is 1. The van der Waals surface area contributed by atoms with Crippen LogP contribution in [0.2, 0.25) is 10.0 Å². The van der Waals surface area contributed by atoms with Gasteiger partial charge in [-0.15, -0.1) is 0 Å². The summed E-state index contributed by atoms with van der Waals surface area (Å²) in [5.74, 6) is -0.323. The molecule has 0 saturated heterocycles. The summed E-state index contributed by atoms with van der Waals surface area (Å²) in [4.78, 5) is 29.9. The predicted molar refractivity (Wildman–Crippen MR) is 195 cm³/mol. The molecule has 0 aliphatic heterocycles. The first-order chi connectivity index (χ1) is 22.8. The number of carbonyl (C=O) groups is 2. The highest BCUT2D eigenvalue weighted by Crippen LogP contribution is 2.31. The highest BCUT2D eigenvalue weighted by atomic mass is 79.9. The summed E-state index contributed by atoms with van der Waals surface area (Å²) in [6, 6.07) is 24.6. The third kappa shape index (κ3) is 9.53. The van der Waals surface area contributed by atoms with Crippen molar-refractivity contribution in [2.45, 2.75) is 44.7 Å². The number of halogens is 3. The van der Waals surface area contributed by atoms with E-state index in [1.54, 1.807) is 42.5 Å². The lowest BCUT2D eigenvalue weighted by molar-refractivity contribution is -0.140. The molecule has 0 aromatic heterocycles. The first kappa shape index (κ1) is 37.3. The first-order valence-corrected chi connectivity index (χ1v) is 18.3. The van der Waals surface area contributed by atoms with Gasteiger partial charge in [-0.25, -0.2) is 8.42 Å². The number of nitrogens with zero attached hydrogens (tertiary/aromatic N) is 2. The topological polar surface area (TPSA) is 96.0 Å². The maximum atomic E-state index is 14.6. The molecule has 48 heavy (non-hydrogen) atoms. The minimum atomic E-state index is -4.29. The lowest BCUT2D eigenvalue weighted by Gasteiger charge is -2.34. The van der Waals surface area contributed by atoms with Gasteiger partial charge in [0, 0.05) is 19.5 Å². The van der Waals surface area contributed by atoms with Gasteiger partial charge in [0.05, 0.1) is 32.2 Å². The smallest absolute Gasteiger partial charge is 0.264 e. The predicted octanol–water partition coefficient (Wildman–Crippen LogP) is 7.68. The maximum Gasteiger partial charge on any atom is 0.264 e. The molecule has 0 bridgehead atoms. The number of carbonyl (C=O) groups excluding carboxylic acids is 2. The molecule has 2 amide bonds. The number of sulfonamides is 1. The summed E-state index contributed by atoms with van der Waals surface area (Å²) in [5.41, 5.74) is 2.66. The highest BCUT2D eigenvalue weighted by molar-refractivity contribution is 9.10. The van der Waals surface area contributed by atoms with Crippen LogP contribution in [0.1, 0.15) is 30.5 Å². The van der Waals surface area contributed by atoms with E-state index in [1.807, 2.05) is 51.1 Å². The summed E-state index contributed by atoms with van der Waals surface area (Å²) in [7, 11) is -2.81. The van der Waals surface area contributed by atoms with Crippen LogP contribution in [-0.4, -0.2) is 51.4 Å². The van der Waals surface area contributed by atoms with Crippen molar-refractivity contribution < 1.29 is 22.7 Å². The quantitative estimate of drug-likeness (QED) is 0.142. The van der Waals surface area contributed by atoms with Gasteiger partial charge >= 0.3 is 0 Å². The van der Waals surface area contributed by atoms with Gasteiger partial charge in [0.2, 0.25) is 11.8 Å². The van der Waals surface area contributed by atoms with E-state index >= 15 is 0 Å². The van der Waals surface area contributed by atoms with Gasteiger partial charge in [-0.05, 0) is 82.4 Å². The standard InChI is InChI=1S/C36H38BrCl2N3O5S/c1-24(2)21-40-36(44)33(19-26-8-6-5-7-9-26)41(22-27-12-16-31(38)32(39)18-27)35(43)23-42(28-13-10-25(3)11-14-28)48(45,46)29-15-17-34(47-4)30(37)20-29/h5-18,20,24,33H,19,21-23H2,1-4H3,(H,40,44). The van der Waals surface area contributed by atoms with Gasteiger partial charge < -0.3 is 15.0 Å². The highest BCUT2D eigenvalue weighted by Gasteiger charge is 2.35. The van der Waals surface area contributed by atoms with E-state index in [0.29, 0.717) is 38.1 Å². The fourth-order valence-electron chi connectivity index (χ4n) is 4.99. The second kappa shape index (κ2) is 16.7. The van der Waals surface area contributed by atoms with Crippen molar-refractivity contribution in [3.63, 3.8) is 0 Å². The number of aryl methyl sites for hydroxylation is 1. The Bertz CT molecular complexity index is 1840. The average Bonchev–Trinajstić information content (AvgIpc) is 3.06. The largest absolute Gasteiger partial charge is 0.496 e. The van der Waals surface area contributed by atoms with E-state index in [-0.39, 0.29) is 29.7 Å². The van der Waals surface area contributed by atoms with Crippen LogP contribution in [0.5, 0.6) is 5.75 Å². The molecule has 254 valence electrons. The summed E-state index contributed by atoms with van der Waals surface area (Å²) in [6.07, 6.45) is 0.195. The molecule has 1 unspecified atom stereocenters. The molecule has 1 atom stereocenters. The Morgan fingerprint density at radius 1 is 0.896 bits per heavy atom. The number of hydrogen-bond donors (Lipinski definition) is 1. The lowest BCUT2D eigenvalue weighted by atomic mass is 10.0. The summed E-state index contributed by atoms with van der Waals surface area (Å²) in [5, 5.41) is 3.61. The van der Waals surface area contributed by atoms with E-state index in [0.717, 1.165) is 15.4 Å². The number of hydrogen-bond acceptors (Lipinski definition) is 5. The minimum Gasteiger partial charge on any atom is -0.496 e. The third-order valence-corrected chi connectivity index (χ3v) is 10.7. The number of benzene rings is 4. The van der Waals surface area contributed by atoms with E-state index < -0.39 is 28.5 Å². The van der Waals surface area contributed by atoms with Gasteiger partial charge in [-0.3, -0.25) is 13.9 Å². The second-order valence-corrected chi connectivity index (χ2v) is 15.3. The number of anilines is 1. The molecule has 4 rings (SSSR count). The van der Waals surface area contributed by atoms with Crippen LogP contribution in [0.25, 0.3) is 0 Å². The number of amides is 2. The molecule has 0 heterocycles. The van der Waals surface area contributed by atoms with Crippen LogP contribution in [0.3, 0.4) is 0 Å². The Morgan fingerprint density at radius 2 is 1.58 bits per heavy atom. The average molecular weight is 776 g/mol. The third-order valence-electron chi connectivity index (χ3n) is 7.60. The molecule has 0 aliphatic rings. The number of methoxy groups -OCH3 is 1. The Morgan fingerprint density at radius 3 is 2.19 bits per heavy atom. The fraction of sp³-hybridized carbons (Fsp3) is 0.278. The normalized spacial score (nSPS) is 12.0. The fourth-order valence-corrected chi connectivity index (χ4v) is 7.44. The molecular weight excluding hydrogens is 737 g/mol. The van der Waals surface area contributed by atoms with Crippen LogP contribution < -0.4 is 14.4 Å². The molecule has 4 aromatic carbocycles. The molecule has 8 nitrogen and oxygen atoms in total. The van der Waals surface area contributed by atoms with Crippen molar-refractivity contribution >= 4 is 66.7 Å². The van der Waals surface area contributed by atoms with Crippen molar-refractivity contribution in [3.8, 4) is 5.75 Å². The van der Waals surface area contributed by atoms with Crippen LogP contribution in [0.15, 0.2) is 100 Å². The van der Waals surface area contributed by atoms with E-state index in [4.69, 9.17) is 27.9 Å². The van der Waals surface area contributed by atoms with Crippen molar-refractivity contribution in [2.75, 3.05) is 24.5 Å². The summed E-state index contributed by atoms with van der Waals surface area (Å²) < 4.78 is 35.4. The molecule has 0 spiro atoms. The monoisotopic (exact) mass is 773 g/mol. The molecule has 12 heteroatoms. The van der Waals surface area contributed by atoms with Gasteiger partial charge in [-0.2, -0.15) is 0 Å². The Kier molecular flexibility index (Phi) is 13.0. The zero-order valence-electron chi connectivity index (χ0n) is 27.1. The molecule has 0 aliphatic carbocycles. The zero-order valence-corrected chi connectivity index (χ0v) is 31.0. The van der Waals surface area contributed by atoms with Crippen molar-refractivity contribution in [3.05, 3.63) is 122 Å². The zero-order chi connectivity index (χ0) is 35.0. The molecular formula is C36H38BrCl2N3O5S. The van der Waals surface area contributed by atoms with Crippen LogP contribution >= 0.6 is 39.1 Å². The molecule has 4 aromatic rings. The van der Waals surface area contributed by atoms with Crippen LogP contribution in [-0.2, 0) is 32.6 Å². The van der Waals surface area contributed by atoms with Gasteiger partial charge in [0.25, 0.3) is 10.0 Å². The molecule has 0 radical (unpaired) electrons. The molecule has 0 fully saturated rings. The molecule has 0 saturated carbocycles. The van der Waals surface area contributed by atoms with E-state index in [2.05, 4.69) is 21.2 Å². The number of rotatable bonds is 14. The number of ether oxygens (including phenoxy) is 1. The van der Waals surface area contributed by atoms with E-state index in [1.165, 1.54) is 30.2 Å². The Balaban J connectivity index is 1.82. The van der Waals surface area contributed by atoms with Crippen LogP contribution in [0.4, 0.5) is 5.69 Å². The SMILES string of the molecule is COc1ccc(S(=O)(=O)N(CC(=O)N(Cc2ccc(Cl)c(Cl)c2)C(Cc2ccccc2)C(=O)NCC(C)C)c2ccc(C)cc2)cc1Br. The molecule has 1 N–H and O–H groups in total. The summed E-state index contributed by atoms with van der Waals surface area (Å²) >= 11 is 15.9. The maximum absolute atomic E-state index is 14.6. The second-order valence-electron chi connectivity index (χ2n) is 11.8. The van der Waals surface area contributed by atoms with E-state index in [9.17, 15) is 18.0 Å². The van der Waals surface area contributed by atoms with Crippen molar-refractivity contribution in [2.24, 2.45) is 5.92 Å². The van der Waals surface area contributed by atoms with Gasteiger partial charge in [0.15, 0.2) is 0 Å². The lowest BCUT2D eigenvalue weighted by Crippen LogP contribution is -2.53. The van der Waals surface area contributed by atoms with Crippen molar-refractivity contribution in [1.82, 2.24) is 10.2 Å². The van der Waals surface area contributed by atoms with Gasteiger partial charge in [0.1, 0.15) is 18.3 Å². The summed E-state index contributed by atoms with van der Waals surface area (Å²) in [6.45, 7) is 5.63. The first-order valence-electron chi connectivity index (χ1n) is 15.3.